The van der Waals surface area contributed by atoms with Crippen molar-refractivity contribution in [1.29, 1.82) is 5.26 Å². The molecular formula is C21H18ClN5O. The van der Waals surface area contributed by atoms with Crippen molar-refractivity contribution in [1.82, 2.24) is 9.97 Å². The van der Waals surface area contributed by atoms with Crippen LogP contribution in [-0.2, 0) is 0 Å². The first kappa shape index (κ1) is 19.3. The number of para-hydroxylation sites is 1. The van der Waals surface area contributed by atoms with E-state index in [0.29, 0.717) is 33.6 Å². The maximum absolute atomic E-state index is 12.7. The lowest BCUT2D eigenvalue weighted by molar-refractivity contribution is 0.102. The Kier molecular flexibility index (Phi) is 5.57. The van der Waals surface area contributed by atoms with E-state index in [2.05, 4.69) is 26.7 Å². The van der Waals surface area contributed by atoms with Crippen molar-refractivity contribution in [2.24, 2.45) is 0 Å². The second-order valence-electron chi connectivity index (χ2n) is 6.36. The third kappa shape index (κ3) is 4.27. The minimum atomic E-state index is -0.393. The number of aromatic nitrogens is 2. The van der Waals surface area contributed by atoms with Crippen molar-refractivity contribution in [3.63, 3.8) is 0 Å². The lowest BCUT2D eigenvalue weighted by Gasteiger charge is -2.13. The number of rotatable bonds is 4. The summed E-state index contributed by atoms with van der Waals surface area (Å²) < 4.78 is 0. The molecule has 0 aliphatic rings. The minimum Gasteiger partial charge on any atom is -0.339 e. The molecule has 2 N–H and O–H groups in total. The van der Waals surface area contributed by atoms with Crippen molar-refractivity contribution in [2.45, 2.75) is 20.8 Å². The normalized spacial score (nSPS) is 10.2. The van der Waals surface area contributed by atoms with Gasteiger partial charge in [0, 0.05) is 6.07 Å². The number of amides is 1. The fraction of sp³-hybridized carbons (Fsp3) is 0.143. The van der Waals surface area contributed by atoms with Crippen molar-refractivity contribution < 1.29 is 4.79 Å². The van der Waals surface area contributed by atoms with E-state index >= 15 is 0 Å². The number of aryl methyl sites for hydroxylation is 3. The Balaban J connectivity index is 1.89. The molecule has 0 spiro atoms. The van der Waals surface area contributed by atoms with Gasteiger partial charge in [-0.25, -0.2) is 9.97 Å². The second kappa shape index (κ2) is 8.07. The summed E-state index contributed by atoms with van der Waals surface area (Å²) in [6, 6.07) is 14.5. The lowest BCUT2D eigenvalue weighted by Crippen LogP contribution is -2.16. The van der Waals surface area contributed by atoms with Crippen LogP contribution >= 0.6 is 11.6 Å². The van der Waals surface area contributed by atoms with Crippen LogP contribution < -0.4 is 10.6 Å². The predicted molar refractivity (Wildman–Crippen MR) is 110 cm³/mol. The van der Waals surface area contributed by atoms with Gasteiger partial charge in [-0.15, -0.1) is 0 Å². The standard InChI is InChI=1S/C21H18ClN5O/c1-12-8-13(2)20(16(22)9-12)27-21(28)18-10-19(25-14(3)24-18)26-17-7-5-4-6-15(17)11-23/h4-10H,1-3H3,(H,27,28)(H,24,25,26). The summed E-state index contributed by atoms with van der Waals surface area (Å²) >= 11 is 6.28. The molecule has 3 rings (SSSR count). The zero-order valence-electron chi connectivity index (χ0n) is 15.7. The second-order valence-corrected chi connectivity index (χ2v) is 6.77. The Morgan fingerprint density at radius 1 is 1.11 bits per heavy atom. The van der Waals surface area contributed by atoms with Gasteiger partial charge in [-0.2, -0.15) is 5.26 Å². The SMILES string of the molecule is Cc1cc(C)c(NC(=O)c2cc(Nc3ccccc3C#N)nc(C)n2)c(Cl)c1. The van der Waals surface area contributed by atoms with Gasteiger partial charge < -0.3 is 10.6 Å². The molecule has 2 aromatic carbocycles. The largest absolute Gasteiger partial charge is 0.339 e. The van der Waals surface area contributed by atoms with Crippen LogP contribution in [0, 0.1) is 32.1 Å². The maximum atomic E-state index is 12.7. The van der Waals surface area contributed by atoms with Crippen LogP contribution in [0.15, 0.2) is 42.5 Å². The number of nitrogens with zero attached hydrogens (tertiary/aromatic N) is 3. The molecule has 0 bridgehead atoms. The van der Waals surface area contributed by atoms with Gasteiger partial charge in [-0.05, 0) is 50.1 Å². The zero-order valence-corrected chi connectivity index (χ0v) is 16.4. The molecule has 0 aliphatic carbocycles. The van der Waals surface area contributed by atoms with E-state index in [9.17, 15) is 10.1 Å². The van der Waals surface area contributed by atoms with E-state index in [4.69, 9.17) is 11.6 Å². The quantitative estimate of drug-likeness (QED) is 0.658. The van der Waals surface area contributed by atoms with Crippen LogP contribution in [0.25, 0.3) is 0 Å². The van der Waals surface area contributed by atoms with Gasteiger partial charge in [0.15, 0.2) is 0 Å². The highest BCUT2D eigenvalue weighted by atomic mass is 35.5. The van der Waals surface area contributed by atoms with Gasteiger partial charge in [0.25, 0.3) is 5.91 Å². The fourth-order valence-electron chi connectivity index (χ4n) is 2.83. The molecule has 0 saturated carbocycles. The Morgan fingerprint density at radius 3 is 2.57 bits per heavy atom. The number of anilines is 3. The number of hydrogen-bond donors (Lipinski definition) is 2. The molecule has 0 saturated heterocycles. The summed E-state index contributed by atoms with van der Waals surface area (Å²) in [4.78, 5) is 21.3. The van der Waals surface area contributed by atoms with Crippen LogP contribution in [0.4, 0.5) is 17.2 Å². The average Bonchev–Trinajstić information content (AvgIpc) is 2.64. The van der Waals surface area contributed by atoms with E-state index in [-0.39, 0.29) is 5.69 Å². The summed E-state index contributed by atoms with van der Waals surface area (Å²) in [7, 11) is 0. The summed E-state index contributed by atoms with van der Waals surface area (Å²) in [5.41, 5.74) is 3.71. The van der Waals surface area contributed by atoms with Gasteiger partial charge >= 0.3 is 0 Å². The molecule has 0 atom stereocenters. The van der Waals surface area contributed by atoms with Crippen LogP contribution in [-0.4, -0.2) is 15.9 Å². The molecule has 0 fully saturated rings. The molecule has 3 aromatic rings. The number of halogens is 1. The van der Waals surface area contributed by atoms with Crippen LogP contribution in [0.3, 0.4) is 0 Å². The van der Waals surface area contributed by atoms with E-state index < -0.39 is 5.91 Å². The Morgan fingerprint density at radius 2 is 1.86 bits per heavy atom. The van der Waals surface area contributed by atoms with Crippen molar-refractivity contribution in [3.8, 4) is 6.07 Å². The molecule has 0 aliphatic heterocycles. The summed E-state index contributed by atoms with van der Waals surface area (Å²) in [6.07, 6.45) is 0. The molecule has 140 valence electrons. The third-order valence-electron chi connectivity index (χ3n) is 4.05. The van der Waals surface area contributed by atoms with E-state index in [0.717, 1.165) is 11.1 Å². The van der Waals surface area contributed by atoms with Crippen LogP contribution in [0.5, 0.6) is 0 Å². The highest BCUT2D eigenvalue weighted by molar-refractivity contribution is 6.34. The van der Waals surface area contributed by atoms with Crippen LogP contribution in [0.2, 0.25) is 5.02 Å². The molecule has 0 radical (unpaired) electrons. The molecule has 1 heterocycles. The first-order valence-electron chi connectivity index (χ1n) is 8.57. The zero-order chi connectivity index (χ0) is 20.3. The Labute approximate surface area is 168 Å². The van der Waals surface area contributed by atoms with Gasteiger partial charge in [0.05, 0.1) is 22.0 Å². The molecule has 7 heteroatoms. The fourth-order valence-corrected chi connectivity index (χ4v) is 3.20. The summed E-state index contributed by atoms with van der Waals surface area (Å²) in [5, 5.41) is 15.6. The van der Waals surface area contributed by atoms with Crippen molar-refractivity contribution in [3.05, 3.63) is 75.7 Å². The monoisotopic (exact) mass is 391 g/mol. The van der Waals surface area contributed by atoms with Gasteiger partial charge in [-0.1, -0.05) is 29.8 Å². The number of hydrogen-bond acceptors (Lipinski definition) is 5. The number of benzene rings is 2. The number of carbonyl (C=O) groups is 1. The van der Waals surface area contributed by atoms with E-state index in [1.54, 1.807) is 31.2 Å². The number of carbonyl (C=O) groups excluding carboxylic acids is 1. The lowest BCUT2D eigenvalue weighted by atomic mass is 10.1. The minimum absolute atomic E-state index is 0.195. The Bertz CT molecular complexity index is 1080. The molecule has 1 aromatic heterocycles. The van der Waals surface area contributed by atoms with E-state index in [1.165, 1.54) is 6.07 Å². The number of nitrogens with one attached hydrogen (secondary N) is 2. The van der Waals surface area contributed by atoms with Gasteiger partial charge in [0.1, 0.15) is 23.4 Å². The van der Waals surface area contributed by atoms with Crippen LogP contribution in [0.1, 0.15) is 33.0 Å². The highest BCUT2D eigenvalue weighted by Gasteiger charge is 2.15. The Hall–Kier alpha value is -3.43. The van der Waals surface area contributed by atoms with Gasteiger partial charge in [-0.3, -0.25) is 4.79 Å². The van der Waals surface area contributed by atoms with Crippen molar-refractivity contribution in [2.75, 3.05) is 10.6 Å². The molecule has 28 heavy (non-hydrogen) atoms. The predicted octanol–water partition coefficient (Wildman–Crippen LogP) is 4.92. The smallest absolute Gasteiger partial charge is 0.274 e. The molecular weight excluding hydrogens is 374 g/mol. The molecule has 6 nitrogen and oxygen atoms in total. The summed E-state index contributed by atoms with van der Waals surface area (Å²) in [6.45, 7) is 5.52. The molecule has 1 amide bonds. The van der Waals surface area contributed by atoms with E-state index in [1.807, 2.05) is 26.0 Å². The van der Waals surface area contributed by atoms with Crippen molar-refractivity contribution >= 4 is 34.7 Å². The summed E-state index contributed by atoms with van der Waals surface area (Å²) in [5.74, 6) is 0.458. The highest BCUT2D eigenvalue weighted by Crippen LogP contribution is 2.28. The number of nitriles is 1. The first-order valence-corrected chi connectivity index (χ1v) is 8.95. The average molecular weight is 392 g/mol. The maximum Gasteiger partial charge on any atom is 0.274 e. The third-order valence-corrected chi connectivity index (χ3v) is 4.35. The topological polar surface area (TPSA) is 90.7 Å². The molecule has 0 unspecified atom stereocenters. The van der Waals surface area contributed by atoms with Gasteiger partial charge in [0.2, 0.25) is 0 Å². The first-order chi connectivity index (χ1) is 13.4.